The van der Waals surface area contributed by atoms with E-state index in [9.17, 15) is 24.9 Å². The fraction of sp³-hybridized carbons (Fsp3) is 0.318. The average molecular weight is 441 g/mol. The Morgan fingerprint density at radius 1 is 1.06 bits per heavy atom. The molecule has 4 atom stereocenters. The molecule has 1 saturated heterocycles. The predicted octanol–water partition coefficient (Wildman–Crippen LogP) is -0.260. The second-order valence-electron chi connectivity index (χ2n) is 7.42. The fourth-order valence-corrected chi connectivity index (χ4v) is 3.67. The Labute approximate surface area is 182 Å². The number of aliphatic hydroxyl groups excluding tert-OH is 3. The predicted molar refractivity (Wildman–Crippen MR) is 113 cm³/mol. The first kappa shape index (κ1) is 21.9. The Kier molecular flexibility index (Phi) is 6.19. The summed E-state index contributed by atoms with van der Waals surface area (Å²) in [6, 6.07) is 12.2. The number of rotatable bonds is 6. The third kappa shape index (κ3) is 4.08. The molecule has 3 aromatic rings. The summed E-state index contributed by atoms with van der Waals surface area (Å²) in [5, 5.41) is 29.5. The van der Waals surface area contributed by atoms with Crippen molar-refractivity contribution >= 4 is 0 Å². The van der Waals surface area contributed by atoms with Gasteiger partial charge >= 0.3 is 5.69 Å². The van der Waals surface area contributed by atoms with E-state index in [-0.39, 0.29) is 6.54 Å². The molecular formula is C22H23N3O7. The lowest BCUT2D eigenvalue weighted by Gasteiger charge is -2.18. The molecule has 0 amide bonds. The zero-order valence-electron chi connectivity index (χ0n) is 17.2. The van der Waals surface area contributed by atoms with Gasteiger partial charge in [0.25, 0.3) is 5.56 Å². The maximum absolute atomic E-state index is 13.0. The molecule has 32 heavy (non-hydrogen) atoms. The lowest BCUT2D eigenvalue weighted by atomic mass is 10.1. The van der Waals surface area contributed by atoms with Crippen molar-refractivity contribution < 1.29 is 24.8 Å². The van der Waals surface area contributed by atoms with Crippen LogP contribution in [0, 0.1) is 0 Å². The molecule has 0 aliphatic carbocycles. The lowest BCUT2D eigenvalue weighted by Crippen LogP contribution is -2.43. The van der Waals surface area contributed by atoms with Crippen molar-refractivity contribution in [1.82, 2.24) is 14.1 Å². The molecule has 2 aromatic heterocycles. The van der Waals surface area contributed by atoms with E-state index in [4.69, 9.17) is 9.47 Å². The standard InChI is InChI=1S/C22H23N3O7/c1-31-16-4-2-13(3-5-16)14-6-8-23-15(10-14)11-25-18(27)7-9-24(22(25)30)21-20(29)19(28)17(12-26)32-21/h2-10,17,19-21,26,28-29H,11-12H2,1H3. The second-order valence-corrected chi connectivity index (χ2v) is 7.42. The van der Waals surface area contributed by atoms with Crippen LogP contribution >= 0.6 is 0 Å². The molecule has 3 N–H and O–H groups in total. The van der Waals surface area contributed by atoms with Gasteiger partial charge < -0.3 is 24.8 Å². The highest BCUT2D eigenvalue weighted by molar-refractivity contribution is 5.64. The first-order valence-electron chi connectivity index (χ1n) is 9.96. The largest absolute Gasteiger partial charge is 0.497 e. The van der Waals surface area contributed by atoms with Crippen molar-refractivity contribution in [1.29, 1.82) is 0 Å². The van der Waals surface area contributed by atoms with Crippen molar-refractivity contribution in [3.63, 3.8) is 0 Å². The van der Waals surface area contributed by atoms with E-state index in [1.165, 1.54) is 12.3 Å². The van der Waals surface area contributed by atoms with Crippen molar-refractivity contribution in [3.05, 3.63) is 81.4 Å². The van der Waals surface area contributed by atoms with E-state index in [1.54, 1.807) is 19.4 Å². The van der Waals surface area contributed by atoms with Crippen LogP contribution in [0.15, 0.2) is 64.4 Å². The third-order valence-corrected chi connectivity index (χ3v) is 5.45. The summed E-state index contributed by atoms with van der Waals surface area (Å²) < 4.78 is 12.6. The van der Waals surface area contributed by atoms with Gasteiger partial charge in [0.1, 0.15) is 24.1 Å². The molecular weight excluding hydrogens is 418 g/mol. The van der Waals surface area contributed by atoms with Crippen molar-refractivity contribution in [2.45, 2.75) is 31.1 Å². The molecule has 0 spiro atoms. The average Bonchev–Trinajstić information content (AvgIpc) is 3.10. The van der Waals surface area contributed by atoms with Gasteiger partial charge in [0.2, 0.25) is 0 Å². The maximum atomic E-state index is 13.0. The zero-order valence-corrected chi connectivity index (χ0v) is 17.2. The topological polar surface area (TPSA) is 136 Å². The molecule has 10 heteroatoms. The van der Waals surface area contributed by atoms with Gasteiger partial charge in [-0.25, -0.2) is 4.79 Å². The summed E-state index contributed by atoms with van der Waals surface area (Å²) >= 11 is 0. The minimum Gasteiger partial charge on any atom is -0.497 e. The lowest BCUT2D eigenvalue weighted by molar-refractivity contribution is -0.0555. The monoisotopic (exact) mass is 441 g/mol. The second kappa shape index (κ2) is 9.05. The molecule has 1 aliphatic heterocycles. The van der Waals surface area contributed by atoms with E-state index in [0.717, 1.165) is 26.0 Å². The van der Waals surface area contributed by atoms with Crippen molar-refractivity contribution in [2.75, 3.05) is 13.7 Å². The molecule has 1 fully saturated rings. The van der Waals surface area contributed by atoms with E-state index < -0.39 is 42.4 Å². The van der Waals surface area contributed by atoms with E-state index >= 15 is 0 Å². The highest BCUT2D eigenvalue weighted by atomic mass is 16.6. The zero-order chi connectivity index (χ0) is 22.8. The molecule has 10 nitrogen and oxygen atoms in total. The van der Waals surface area contributed by atoms with E-state index in [2.05, 4.69) is 4.98 Å². The third-order valence-electron chi connectivity index (χ3n) is 5.45. The van der Waals surface area contributed by atoms with Crippen LogP contribution in [-0.4, -0.2) is 61.5 Å². The van der Waals surface area contributed by atoms with Crippen LogP contribution in [0.1, 0.15) is 11.9 Å². The van der Waals surface area contributed by atoms with Crippen LogP contribution in [0.3, 0.4) is 0 Å². The molecule has 1 aliphatic rings. The minimum atomic E-state index is -1.44. The SMILES string of the molecule is COc1ccc(-c2ccnc(Cn3c(=O)ccn(C4OC(CO)C(O)C4O)c3=O)c2)cc1. The van der Waals surface area contributed by atoms with Gasteiger partial charge in [-0.05, 0) is 35.4 Å². The maximum Gasteiger partial charge on any atom is 0.333 e. The fourth-order valence-electron chi connectivity index (χ4n) is 3.67. The van der Waals surface area contributed by atoms with Crippen LogP contribution in [0.5, 0.6) is 5.75 Å². The molecule has 1 aromatic carbocycles. The number of aliphatic hydroxyl groups is 3. The summed E-state index contributed by atoms with van der Waals surface area (Å²) in [5.74, 6) is 0.726. The highest BCUT2D eigenvalue weighted by Gasteiger charge is 2.43. The van der Waals surface area contributed by atoms with Crippen LogP contribution in [0.25, 0.3) is 11.1 Å². The summed E-state index contributed by atoms with van der Waals surface area (Å²) in [6.45, 7) is -0.623. The summed E-state index contributed by atoms with van der Waals surface area (Å²) in [4.78, 5) is 29.7. The summed E-state index contributed by atoms with van der Waals surface area (Å²) in [5.41, 5.74) is 0.972. The number of hydrogen-bond donors (Lipinski definition) is 3. The van der Waals surface area contributed by atoms with Crippen LogP contribution in [-0.2, 0) is 11.3 Å². The number of pyridine rings is 1. The van der Waals surface area contributed by atoms with Gasteiger partial charge in [0.05, 0.1) is 26.0 Å². The number of aromatic nitrogens is 3. The Hall–Kier alpha value is -3.31. The number of hydrogen-bond acceptors (Lipinski definition) is 8. The van der Waals surface area contributed by atoms with Gasteiger partial charge in [0, 0.05) is 18.5 Å². The molecule has 4 rings (SSSR count). The van der Waals surface area contributed by atoms with E-state index in [1.807, 2.05) is 30.3 Å². The molecule has 168 valence electrons. The van der Waals surface area contributed by atoms with Crippen molar-refractivity contribution in [3.8, 4) is 16.9 Å². The van der Waals surface area contributed by atoms with Gasteiger partial charge in [-0.15, -0.1) is 0 Å². The molecule has 0 saturated carbocycles. The molecule has 0 bridgehead atoms. The Morgan fingerprint density at radius 3 is 2.47 bits per heavy atom. The van der Waals surface area contributed by atoms with Crippen LogP contribution < -0.4 is 16.0 Å². The Morgan fingerprint density at radius 2 is 1.81 bits per heavy atom. The number of benzene rings is 1. The first-order chi connectivity index (χ1) is 15.4. The summed E-state index contributed by atoms with van der Waals surface area (Å²) in [6.07, 6.45) is -2.28. The number of ether oxygens (including phenoxy) is 2. The molecule has 3 heterocycles. The highest BCUT2D eigenvalue weighted by Crippen LogP contribution is 2.28. The van der Waals surface area contributed by atoms with Gasteiger partial charge in [-0.1, -0.05) is 12.1 Å². The Bertz CT molecular complexity index is 1210. The normalized spacial score (nSPS) is 22.8. The quantitative estimate of drug-likeness (QED) is 0.476. The Balaban J connectivity index is 1.65. The molecule has 0 radical (unpaired) electrons. The van der Waals surface area contributed by atoms with Gasteiger partial charge in [-0.2, -0.15) is 0 Å². The number of methoxy groups -OCH3 is 1. The number of nitrogens with zero attached hydrogens (tertiary/aromatic N) is 3. The first-order valence-corrected chi connectivity index (χ1v) is 9.96. The van der Waals surface area contributed by atoms with E-state index in [0.29, 0.717) is 5.69 Å². The summed E-state index contributed by atoms with van der Waals surface area (Å²) in [7, 11) is 1.59. The van der Waals surface area contributed by atoms with Crippen molar-refractivity contribution in [2.24, 2.45) is 0 Å². The van der Waals surface area contributed by atoms with Gasteiger partial charge in [-0.3, -0.25) is 18.9 Å². The smallest absolute Gasteiger partial charge is 0.333 e. The minimum absolute atomic E-state index is 0.0999. The van der Waals surface area contributed by atoms with Crippen LogP contribution in [0.4, 0.5) is 0 Å². The van der Waals surface area contributed by atoms with Crippen LogP contribution in [0.2, 0.25) is 0 Å². The van der Waals surface area contributed by atoms with Gasteiger partial charge in [0.15, 0.2) is 6.23 Å². The molecule has 4 unspecified atom stereocenters.